The normalized spacial score (nSPS) is 21.7. The molecule has 0 aliphatic carbocycles. The molecule has 3 rings (SSSR count). The Morgan fingerprint density at radius 1 is 1.30 bits per heavy atom. The Morgan fingerprint density at radius 2 is 2.09 bits per heavy atom. The van der Waals surface area contributed by atoms with Crippen molar-refractivity contribution in [3.63, 3.8) is 0 Å². The van der Waals surface area contributed by atoms with Crippen LogP contribution in [0.4, 0.5) is 5.69 Å². The summed E-state index contributed by atoms with van der Waals surface area (Å²) in [6.07, 6.45) is 6.88. The Balaban J connectivity index is 1.62. The lowest BCUT2D eigenvalue weighted by molar-refractivity contribution is -0.117. The van der Waals surface area contributed by atoms with Crippen molar-refractivity contribution in [3.8, 4) is 0 Å². The van der Waals surface area contributed by atoms with Gasteiger partial charge in [-0.25, -0.2) is 4.68 Å². The number of hydrogen-bond donors (Lipinski definition) is 1. The maximum Gasteiger partial charge on any atom is 0.238 e. The van der Waals surface area contributed by atoms with E-state index in [1.165, 1.54) is 0 Å². The molecular weight excluding hydrogens is 294 g/mol. The molecule has 23 heavy (non-hydrogen) atoms. The molecule has 1 saturated heterocycles. The summed E-state index contributed by atoms with van der Waals surface area (Å²) >= 11 is 0. The van der Waals surface area contributed by atoms with Crippen LogP contribution in [-0.4, -0.2) is 75.5 Å². The van der Waals surface area contributed by atoms with Crippen LogP contribution in [0.2, 0.25) is 0 Å². The lowest BCUT2D eigenvalue weighted by Crippen LogP contribution is -2.37. The van der Waals surface area contributed by atoms with E-state index in [1.54, 1.807) is 30.7 Å². The van der Waals surface area contributed by atoms with Crippen molar-refractivity contribution in [2.45, 2.75) is 12.1 Å². The van der Waals surface area contributed by atoms with Gasteiger partial charge in [-0.15, -0.1) is 5.10 Å². The van der Waals surface area contributed by atoms with Crippen molar-refractivity contribution in [2.75, 3.05) is 39.0 Å². The molecule has 122 valence electrons. The van der Waals surface area contributed by atoms with Gasteiger partial charge < -0.3 is 10.2 Å². The molecule has 0 unspecified atom stereocenters. The highest BCUT2D eigenvalue weighted by molar-refractivity contribution is 5.92. The van der Waals surface area contributed by atoms with E-state index in [2.05, 4.69) is 44.5 Å². The minimum Gasteiger partial charge on any atom is -0.325 e. The van der Waals surface area contributed by atoms with E-state index >= 15 is 0 Å². The van der Waals surface area contributed by atoms with Crippen LogP contribution in [0.3, 0.4) is 0 Å². The van der Waals surface area contributed by atoms with E-state index in [9.17, 15) is 4.79 Å². The molecule has 1 amide bonds. The zero-order valence-electron chi connectivity index (χ0n) is 13.3. The van der Waals surface area contributed by atoms with Gasteiger partial charge in [0.1, 0.15) is 0 Å². The molecule has 2 aromatic heterocycles. The number of nitrogens with zero attached hydrogens (tertiary/aromatic N) is 6. The third-order valence-electron chi connectivity index (χ3n) is 4.11. The van der Waals surface area contributed by atoms with E-state index < -0.39 is 0 Å². The number of anilines is 1. The maximum atomic E-state index is 12.2. The third-order valence-corrected chi connectivity index (χ3v) is 4.11. The zero-order valence-corrected chi connectivity index (χ0v) is 13.3. The van der Waals surface area contributed by atoms with Gasteiger partial charge in [0.15, 0.2) is 0 Å². The molecule has 1 N–H and O–H groups in total. The summed E-state index contributed by atoms with van der Waals surface area (Å²) in [7, 11) is 4.10. The highest BCUT2D eigenvalue weighted by Crippen LogP contribution is 2.24. The number of likely N-dealkylation sites (N-methyl/N-ethyl adjacent to an activating group) is 1. The summed E-state index contributed by atoms with van der Waals surface area (Å²) in [6, 6.07) is 4.05. The molecular formula is C15H21N7O. The topological polar surface area (TPSA) is 79.2 Å². The number of carbonyl (C=O) groups is 1. The fourth-order valence-corrected chi connectivity index (χ4v) is 2.98. The minimum absolute atomic E-state index is 0.0204. The standard InChI is InChI=1S/C15H21N7O/c1-20(2)13-9-21(10-14(13)22-8-7-17-19-22)11-15(23)18-12-3-5-16-6-4-12/h3-8,13-14H,9-11H2,1-2H3,(H,16,18,23)/t13-,14+/m1/s1. The average Bonchev–Trinajstić information content (AvgIpc) is 3.16. The van der Waals surface area contributed by atoms with Crippen molar-refractivity contribution in [2.24, 2.45) is 0 Å². The van der Waals surface area contributed by atoms with Crippen LogP contribution < -0.4 is 5.32 Å². The molecule has 1 fully saturated rings. The van der Waals surface area contributed by atoms with Crippen LogP contribution in [0.1, 0.15) is 6.04 Å². The Morgan fingerprint density at radius 3 is 2.74 bits per heavy atom. The van der Waals surface area contributed by atoms with Crippen LogP contribution >= 0.6 is 0 Å². The number of aromatic nitrogens is 4. The zero-order chi connectivity index (χ0) is 16.2. The highest BCUT2D eigenvalue weighted by Gasteiger charge is 2.36. The second-order valence-corrected chi connectivity index (χ2v) is 5.96. The second kappa shape index (κ2) is 6.84. The number of rotatable bonds is 5. The monoisotopic (exact) mass is 315 g/mol. The Kier molecular flexibility index (Phi) is 4.63. The Labute approximate surface area is 135 Å². The fraction of sp³-hybridized carbons (Fsp3) is 0.467. The first-order chi connectivity index (χ1) is 11.1. The molecule has 2 aromatic rings. The summed E-state index contributed by atoms with van der Waals surface area (Å²) < 4.78 is 1.88. The molecule has 3 heterocycles. The summed E-state index contributed by atoms with van der Waals surface area (Å²) in [4.78, 5) is 20.5. The first-order valence-electron chi connectivity index (χ1n) is 7.58. The average molecular weight is 315 g/mol. The molecule has 8 nitrogen and oxygen atoms in total. The van der Waals surface area contributed by atoms with E-state index in [1.807, 2.05) is 10.9 Å². The quantitative estimate of drug-likeness (QED) is 0.843. The van der Waals surface area contributed by atoms with Crippen LogP contribution in [0, 0.1) is 0 Å². The van der Waals surface area contributed by atoms with Crippen LogP contribution in [0.15, 0.2) is 36.9 Å². The second-order valence-electron chi connectivity index (χ2n) is 5.96. The molecule has 2 atom stereocenters. The van der Waals surface area contributed by atoms with Gasteiger partial charge in [0, 0.05) is 43.4 Å². The lowest BCUT2D eigenvalue weighted by Gasteiger charge is -2.24. The van der Waals surface area contributed by atoms with Crippen LogP contribution in [0.25, 0.3) is 0 Å². The Bertz CT molecular complexity index is 629. The molecule has 1 aliphatic heterocycles. The number of pyridine rings is 1. The summed E-state index contributed by atoms with van der Waals surface area (Å²) in [6.45, 7) is 1.95. The Hall–Kier alpha value is -2.32. The summed E-state index contributed by atoms with van der Waals surface area (Å²) in [5, 5.41) is 10.9. The van der Waals surface area contributed by atoms with E-state index in [0.717, 1.165) is 18.8 Å². The predicted octanol–water partition coefficient (Wildman–Crippen LogP) is 0.0987. The SMILES string of the molecule is CN(C)[C@@H]1CN(CC(=O)Nc2ccncc2)C[C@@H]1n1ccnn1. The molecule has 0 spiro atoms. The van der Waals surface area contributed by atoms with Gasteiger partial charge >= 0.3 is 0 Å². The van der Waals surface area contributed by atoms with E-state index in [0.29, 0.717) is 12.6 Å². The predicted molar refractivity (Wildman–Crippen MR) is 85.8 cm³/mol. The van der Waals surface area contributed by atoms with Crippen molar-refractivity contribution < 1.29 is 4.79 Å². The van der Waals surface area contributed by atoms with Gasteiger partial charge in [0.2, 0.25) is 5.91 Å². The largest absolute Gasteiger partial charge is 0.325 e. The van der Waals surface area contributed by atoms with Crippen LogP contribution in [-0.2, 0) is 4.79 Å². The molecule has 0 radical (unpaired) electrons. The van der Waals surface area contributed by atoms with Crippen molar-refractivity contribution >= 4 is 11.6 Å². The van der Waals surface area contributed by atoms with Gasteiger partial charge in [0.25, 0.3) is 0 Å². The van der Waals surface area contributed by atoms with Crippen LogP contribution in [0.5, 0.6) is 0 Å². The van der Waals surface area contributed by atoms with Gasteiger partial charge in [-0.05, 0) is 26.2 Å². The smallest absolute Gasteiger partial charge is 0.238 e. The first kappa shape index (κ1) is 15.6. The maximum absolute atomic E-state index is 12.2. The number of nitrogens with one attached hydrogen (secondary N) is 1. The third kappa shape index (κ3) is 3.72. The van der Waals surface area contributed by atoms with Gasteiger partial charge in [-0.1, -0.05) is 5.21 Å². The number of likely N-dealkylation sites (tertiary alicyclic amines) is 1. The number of carbonyl (C=O) groups excluding carboxylic acids is 1. The molecule has 8 heteroatoms. The summed E-state index contributed by atoms with van der Waals surface area (Å²) in [5.74, 6) is -0.0204. The van der Waals surface area contributed by atoms with Gasteiger partial charge in [0.05, 0.1) is 18.8 Å². The lowest BCUT2D eigenvalue weighted by atomic mass is 10.1. The molecule has 1 aliphatic rings. The minimum atomic E-state index is -0.0204. The highest BCUT2D eigenvalue weighted by atomic mass is 16.2. The molecule has 0 saturated carbocycles. The van der Waals surface area contributed by atoms with E-state index in [4.69, 9.17) is 0 Å². The van der Waals surface area contributed by atoms with Crippen molar-refractivity contribution in [1.82, 2.24) is 29.8 Å². The number of amides is 1. The van der Waals surface area contributed by atoms with Gasteiger partial charge in [-0.2, -0.15) is 0 Å². The van der Waals surface area contributed by atoms with Crippen molar-refractivity contribution in [3.05, 3.63) is 36.9 Å². The van der Waals surface area contributed by atoms with E-state index in [-0.39, 0.29) is 11.9 Å². The van der Waals surface area contributed by atoms with Crippen molar-refractivity contribution in [1.29, 1.82) is 0 Å². The summed E-state index contributed by atoms with van der Waals surface area (Å²) in [5.41, 5.74) is 0.765. The molecule has 0 bridgehead atoms. The number of hydrogen-bond acceptors (Lipinski definition) is 6. The first-order valence-corrected chi connectivity index (χ1v) is 7.58. The fourth-order valence-electron chi connectivity index (χ4n) is 2.98. The van der Waals surface area contributed by atoms with Gasteiger partial charge in [-0.3, -0.25) is 14.7 Å². The molecule has 0 aromatic carbocycles.